The summed E-state index contributed by atoms with van der Waals surface area (Å²) < 4.78 is 26.2. The molecule has 20 heavy (non-hydrogen) atoms. The van der Waals surface area contributed by atoms with Gasteiger partial charge in [-0.25, -0.2) is 4.39 Å². The van der Waals surface area contributed by atoms with Gasteiger partial charge in [-0.1, -0.05) is 15.9 Å². The van der Waals surface area contributed by atoms with E-state index in [9.17, 15) is 9.50 Å². The molecule has 0 aromatic heterocycles. The van der Waals surface area contributed by atoms with Crippen molar-refractivity contribution in [2.75, 3.05) is 0 Å². The Hall–Kier alpha value is -0.845. The highest BCUT2D eigenvalue weighted by Gasteiger charge is 2.53. The molecule has 1 aliphatic heterocycles. The molecule has 0 amide bonds. The van der Waals surface area contributed by atoms with Crippen LogP contribution in [0.4, 0.5) is 4.39 Å². The summed E-state index contributed by atoms with van der Waals surface area (Å²) in [7, 11) is -1.06. The Labute approximate surface area is 127 Å². The minimum absolute atomic E-state index is 0.000123. The normalized spacial score (nSPS) is 21.3. The van der Waals surface area contributed by atoms with Crippen LogP contribution in [0.25, 0.3) is 6.08 Å². The van der Waals surface area contributed by atoms with Crippen LogP contribution in [0.5, 0.6) is 5.75 Å². The van der Waals surface area contributed by atoms with E-state index < -0.39 is 24.0 Å². The van der Waals surface area contributed by atoms with Gasteiger partial charge in [-0.2, -0.15) is 0 Å². The lowest BCUT2D eigenvalue weighted by molar-refractivity contribution is 0.00578. The van der Waals surface area contributed by atoms with Crippen molar-refractivity contribution in [2.45, 2.75) is 38.9 Å². The number of hydrogen-bond acceptors (Lipinski definition) is 3. The monoisotopic (exact) mass is 342 g/mol. The van der Waals surface area contributed by atoms with Gasteiger partial charge in [-0.3, -0.25) is 0 Å². The van der Waals surface area contributed by atoms with Crippen LogP contribution in [0.3, 0.4) is 0 Å². The van der Waals surface area contributed by atoms with Crippen LogP contribution in [0.15, 0.2) is 28.4 Å². The number of rotatable bonds is 2. The van der Waals surface area contributed by atoms with Crippen molar-refractivity contribution < 1.29 is 18.8 Å². The van der Waals surface area contributed by atoms with Crippen LogP contribution in [-0.4, -0.2) is 23.4 Å². The molecule has 1 saturated heterocycles. The van der Waals surface area contributed by atoms with Crippen LogP contribution >= 0.6 is 15.9 Å². The molecule has 1 heterocycles. The summed E-state index contributed by atoms with van der Waals surface area (Å²) in [6.45, 7) is 7.43. The summed E-state index contributed by atoms with van der Waals surface area (Å²) in [4.78, 5) is 0. The average molecular weight is 343 g/mol. The molecular weight excluding hydrogens is 326 g/mol. The fourth-order valence-electron chi connectivity index (χ4n) is 1.81. The predicted octanol–water partition coefficient (Wildman–Crippen LogP) is 4.10. The number of benzene rings is 1. The standard InChI is InChI=1S/C14H17BBrFO3/c1-13(2)14(3,4)20-15(19-13)12(17)8-9-7-10(16)5-6-11(9)18/h5-8,18H,1-4H3. The van der Waals surface area contributed by atoms with E-state index in [1.54, 1.807) is 12.1 Å². The molecule has 0 aliphatic carbocycles. The molecule has 3 nitrogen and oxygen atoms in total. The van der Waals surface area contributed by atoms with E-state index in [-0.39, 0.29) is 5.75 Å². The van der Waals surface area contributed by atoms with E-state index in [0.717, 1.165) is 4.47 Å². The second-order valence-electron chi connectivity index (χ2n) is 5.82. The molecule has 2 rings (SSSR count). The van der Waals surface area contributed by atoms with Crippen molar-refractivity contribution in [3.63, 3.8) is 0 Å². The molecule has 1 N–H and O–H groups in total. The Morgan fingerprint density at radius 2 is 1.80 bits per heavy atom. The molecule has 1 aromatic rings. The first-order valence-corrected chi connectivity index (χ1v) is 7.13. The first kappa shape index (κ1) is 15.5. The van der Waals surface area contributed by atoms with Gasteiger partial charge in [-0.05, 0) is 52.0 Å². The molecule has 0 bridgehead atoms. The molecular formula is C14H17BBrFO3. The molecule has 108 valence electrons. The van der Waals surface area contributed by atoms with Crippen molar-refractivity contribution in [1.29, 1.82) is 0 Å². The molecule has 1 fully saturated rings. The molecule has 0 atom stereocenters. The fraction of sp³-hybridized carbons (Fsp3) is 0.429. The topological polar surface area (TPSA) is 38.7 Å². The smallest absolute Gasteiger partial charge is 0.507 e. The molecule has 1 aliphatic rings. The van der Waals surface area contributed by atoms with Gasteiger partial charge in [0, 0.05) is 10.0 Å². The number of hydrogen-bond donors (Lipinski definition) is 1. The third kappa shape index (κ3) is 2.92. The lowest BCUT2D eigenvalue weighted by Crippen LogP contribution is -2.41. The lowest BCUT2D eigenvalue weighted by Gasteiger charge is -2.32. The highest BCUT2D eigenvalue weighted by molar-refractivity contribution is 9.10. The largest absolute Gasteiger partial charge is 0.525 e. The van der Waals surface area contributed by atoms with E-state index in [4.69, 9.17) is 9.31 Å². The summed E-state index contributed by atoms with van der Waals surface area (Å²) in [5.41, 5.74) is -1.40. The zero-order valence-electron chi connectivity index (χ0n) is 11.9. The zero-order chi connectivity index (χ0) is 15.1. The van der Waals surface area contributed by atoms with E-state index in [1.807, 2.05) is 27.7 Å². The van der Waals surface area contributed by atoms with Gasteiger partial charge in [-0.15, -0.1) is 0 Å². The van der Waals surface area contributed by atoms with Crippen molar-refractivity contribution in [3.05, 3.63) is 34.0 Å². The minimum atomic E-state index is -1.06. The molecule has 0 saturated carbocycles. The van der Waals surface area contributed by atoms with Gasteiger partial charge >= 0.3 is 7.12 Å². The molecule has 0 unspecified atom stereocenters. The second kappa shape index (κ2) is 5.17. The van der Waals surface area contributed by atoms with Crippen LogP contribution in [0.1, 0.15) is 33.3 Å². The summed E-state index contributed by atoms with van der Waals surface area (Å²) in [6, 6.07) is 4.80. The van der Waals surface area contributed by atoms with Crippen LogP contribution in [0, 0.1) is 0 Å². The predicted molar refractivity (Wildman–Crippen MR) is 81.0 cm³/mol. The number of halogens is 2. The minimum Gasteiger partial charge on any atom is -0.507 e. The van der Waals surface area contributed by atoms with Crippen LogP contribution in [0.2, 0.25) is 0 Å². The molecule has 1 aromatic carbocycles. The first-order valence-electron chi connectivity index (χ1n) is 6.34. The maximum Gasteiger partial charge on any atom is 0.525 e. The van der Waals surface area contributed by atoms with Gasteiger partial charge in [0.15, 0.2) is 0 Å². The third-order valence-electron chi connectivity index (χ3n) is 3.76. The lowest BCUT2D eigenvalue weighted by atomic mass is 9.86. The Bertz CT molecular complexity index is 541. The Kier molecular flexibility index (Phi) is 4.02. The van der Waals surface area contributed by atoms with Gasteiger partial charge in [0.1, 0.15) is 11.5 Å². The highest BCUT2D eigenvalue weighted by atomic mass is 79.9. The van der Waals surface area contributed by atoms with Gasteiger partial charge in [0.25, 0.3) is 0 Å². The quantitative estimate of drug-likeness (QED) is 0.822. The number of phenolic OH excluding ortho intramolecular Hbond substituents is 1. The maximum atomic E-state index is 14.3. The van der Waals surface area contributed by atoms with Crippen molar-refractivity contribution >= 4 is 29.1 Å². The van der Waals surface area contributed by atoms with Gasteiger partial charge in [0.05, 0.1) is 11.2 Å². The van der Waals surface area contributed by atoms with E-state index in [1.165, 1.54) is 12.1 Å². The highest BCUT2D eigenvalue weighted by Crippen LogP contribution is 2.39. The van der Waals surface area contributed by atoms with E-state index >= 15 is 0 Å². The van der Waals surface area contributed by atoms with Crippen molar-refractivity contribution in [2.24, 2.45) is 0 Å². The zero-order valence-corrected chi connectivity index (χ0v) is 13.5. The first-order chi connectivity index (χ1) is 9.12. The Morgan fingerprint density at radius 3 is 2.35 bits per heavy atom. The molecule has 0 radical (unpaired) electrons. The summed E-state index contributed by atoms with van der Waals surface area (Å²) in [5.74, 6) is -0.000123. The van der Waals surface area contributed by atoms with Gasteiger partial charge in [0.2, 0.25) is 0 Å². The van der Waals surface area contributed by atoms with E-state index in [2.05, 4.69) is 15.9 Å². The van der Waals surface area contributed by atoms with Crippen molar-refractivity contribution in [1.82, 2.24) is 0 Å². The summed E-state index contributed by atoms with van der Waals surface area (Å²) in [6.07, 6.45) is 1.22. The van der Waals surface area contributed by atoms with E-state index in [0.29, 0.717) is 5.56 Å². The number of aromatic hydroxyl groups is 1. The second-order valence-corrected chi connectivity index (χ2v) is 6.74. The SMILES string of the molecule is CC1(C)OB(C(F)=Cc2cc(Br)ccc2O)OC1(C)C. The number of phenols is 1. The third-order valence-corrected chi connectivity index (χ3v) is 4.25. The summed E-state index contributed by atoms with van der Waals surface area (Å²) >= 11 is 3.28. The average Bonchev–Trinajstić information content (AvgIpc) is 2.53. The molecule has 6 heteroatoms. The summed E-state index contributed by atoms with van der Waals surface area (Å²) in [5, 5.41) is 9.72. The van der Waals surface area contributed by atoms with Crippen LogP contribution in [-0.2, 0) is 9.31 Å². The Balaban J connectivity index is 2.27. The Morgan fingerprint density at radius 1 is 1.25 bits per heavy atom. The van der Waals surface area contributed by atoms with Crippen LogP contribution < -0.4 is 0 Å². The van der Waals surface area contributed by atoms with Gasteiger partial charge < -0.3 is 14.4 Å². The molecule has 0 spiro atoms. The maximum absolute atomic E-state index is 14.3. The fourth-order valence-corrected chi connectivity index (χ4v) is 2.19. The van der Waals surface area contributed by atoms with Crippen molar-refractivity contribution in [3.8, 4) is 5.75 Å².